The number of allylic oxidation sites excluding steroid dienone is 4. The van der Waals surface area contributed by atoms with Crippen LogP contribution >= 0.6 is 0 Å². The molecular weight excluding hydrogens is 256 g/mol. The Bertz CT molecular complexity index is 626. The molecule has 21 heavy (non-hydrogen) atoms. The van der Waals surface area contributed by atoms with Crippen molar-refractivity contribution in [3.8, 4) is 0 Å². The minimum Gasteiger partial charge on any atom is -0.377 e. The molecule has 1 aliphatic carbocycles. The quantitative estimate of drug-likeness (QED) is 0.793. The first-order valence-corrected chi connectivity index (χ1v) is 7.49. The maximum atomic E-state index is 7.99. The first-order valence-electron chi connectivity index (χ1n) is 7.49. The fraction of sp³-hybridized carbons (Fsp3) is 0.421. The number of benzene rings is 1. The molecule has 0 amide bonds. The van der Waals surface area contributed by atoms with Crippen molar-refractivity contribution in [1.82, 2.24) is 0 Å². The summed E-state index contributed by atoms with van der Waals surface area (Å²) in [7, 11) is 4.14. The Kier molecular flexibility index (Phi) is 4.08. The van der Waals surface area contributed by atoms with Gasteiger partial charge in [0.2, 0.25) is 0 Å². The standard InChI is InChI=1S/C19H26N2/c1-13-8-7-9-14(13)15-10-11-17(21(5)6)18(16(15)12-20)19(2,3)4/h7-8,10-12,20H,9H2,1-6H3. The van der Waals surface area contributed by atoms with E-state index in [0.29, 0.717) is 0 Å². The van der Waals surface area contributed by atoms with E-state index < -0.39 is 0 Å². The van der Waals surface area contributed by atoms with Crippen molar-refractivity contribution in [3.63, 3.8) is 0 Å². The zero-order valence-electron chi connectivity index (χ0n) is 14.0. The van der Waals surface area contributed by atoms with Crippen molar-refractivity contribution in [2.24, 2.45) is 0 Å². The highest BCUT2D eigenvalue weighted by atomic mass is 15.1. The molecule has 0 saturated carbocycles. The number of hydrogen-bond acceptors (Lipinski definition) is 2. The van der Waals surface area contributed by atoms with Crippen LogP contribution in [0.3, 0.4) is 0 Å². The Balaban J connectivity index is 2.77. The summed E-state index contributed by atoms with van der Waals surface area (Å²) in [6.07, 6.45) is 6.88. The number of anilines is 1. The molecule has 0 radical (unpaired) electrons. The van der Waals surface area contributed by atoms with Crippen molar-refractivity contribution in [3.05, 3.63) is 46.5 Å². The van der Waals surface area contributed by atoms with Gasteiger partial charge in [-0.25, -0.2) is 0 Å². The summed E-state index contributed by atoms with van der Waals surface area (Å²) in [6, 6.07) is 4.37. The summed E-state index contributed by atoms with van der Waals surface area (Å²) in [5.74, 6) is 0. The first-order chi connectivity index (χ1) is 9.77. The second kappa shape index (κ2) is 5.51. The summed E-state index contributed by atoms with van der Waals surface area (Å²) >= 11 is 0. The molecule has 0 aromatic heterocycles. The third kappa shape index (κ3) is 2.80. The van der Waals surface area contributed by atoms with Gasteiger partial charge in [-0.05, 0) is 47.1 Å². The second-order valence-corrected chi connectivity index (χ2v) is 6.98. The van der Waals surface area contributed by atoms with Gasteiger partial charge in [0.15, 0.2) is 0 Å². The summed E-state index contributed by atoms with van der Waals surface area (Å²) in [5.41, 5.74) is 7.40. The molecule has 0 bridgehead atoms. The Hall–Kier alpha value is -1.83. The summed E-state index contributed by atoms with van der Waals surface area (Å²) < 4.78 is 0. The fourth-order valence-corrected chi connectivity index (χ4v) is 3.12. The summed E-state index contributed by atoms with van der Waals surface area (Å²) in [6.45, 7) is 8.82. The van der Waals surface area contributed by atoms with Crippen LogP contribution < -0.4 is 4.90 Å². The molecule has 0 atom stereocenters. The van der Waals surface area contributed by atoms with Crippen molar-refractivity contribution < 1.29 is 0 Å². The van der Waals surface area contributed by atoms with E-state index in [1.165, 1.54) is 34.2 Å². The molecule has 2 rings (SSSR count). The number of hydrogen-bond donors (Lipinski definition) is 1. The van der Waals surface area contributed by atoms with Crippen molar-refractivity contribution in [1.29, 1.82) is 5.41 Å². The number of nitrogens with zero attached hydrogens (tertiary/aromatic N) is 1. The Morgan fingerprint density at radius 2 is 1.86 bits per heavy atom. The molecular formula is C19H26N2. The van der Waals surface area contributed by atoms with Crippen LogP contribution in [0.25, 0.3) is 5.57 Å². The number of nitrogens with one attached hydrogen (secondary N) is 1. The molecule has 0 heterocycles. The van der Waals surface area contributed by atoms with Crippen molar-refractivity contribution in [2.45, 2.75) is 39.5 Å². The van der Waals surface area contributed by atoms with E-state index in [4.69, 9.17) is 5.41 Å². The van der Waals surface area contributed by atoms with Gasteiger partial charge >= 0.3 is 0 Å². The minimum atomic E-state index is 0.00297. The molecule has 0 spiro atoms. The maximum Gasteiger partial charge on any atom is 0.0405 e. The van der Waals surface area contributed by atoms with Crippen LogP contribution in [0.4, 0.5) is 5.69 Å². The zero-order chi connectivity index (χ0) is 15.8. The van der Waals surface area contributed by atoms with Crippen molar-refractivity contribution in [2.75, 3.05) is 19.0 Å². The van der Waals surface area contributed by atoms with E-state index in [-0.39, 0.29) is 5.41 Å². The normalized spacial score (nSPS) is 14.8. The van der Waals surface area contributed by atoms with Gasteiger partial charge in [0, 0.05) is 31.6 Å². The molecule has 112 valence electrons. The monoisotopic (exact) mass is 282 g/mol. The fourth-order valence-electron chi connectivity index (χ4n) is 3.12. The predicted octanol–water partition coefficient (Wildman–Crippen LogP) is 4.78. The van der Waals surface area contributed by atoms with Crippen LogP contribution in [0, 0.1) is 5.41 Å². The van der Waals surface area contributed by atoms with E-state index >= 15 is 0 Å². The smallest absolute Gasteiger partial charge is 0.0405 e. The maximum absolute atomic E-state index is 7.99. The summed E-state index contributed by atoms with van der Waals surface area (Å²) in [4.78, 5) is 2.14. The van der Waals surface area contributed by atoms with E-state index in [0.717, 1.165) is 12.0 Å². The molecule has 1 aliphatic rings. The molecule has 0 saturated heterocycles. The second-order valence-electron chi connectivity index (χ2n) is 6.98. The lowest BCUT2D eigenvalue weighted by Crippen LogP contribution is -2.22. The predicted molar refractivity (Wildman–Crippen MR) is 93.7 cm³/mol. The molecule has 1 N–H and O–H groups in total. The van der Waals surface area contributed by atoms with Crippen LogP contribution in [0.15, 0.2) is 29.9 Å². The lowest BCUT2D eigenvalue weighted by molar-refractivity contribution is 0.588. The van der Waals surface area contributed by atoms with Crippen LogP contribution in [0.1, 0.15) is 50.8 Å². The average molecular weight is 282 g/mol. The highest BCUT2D eigenvalue weighted by Gasteiger charge is 2.25. The lowest BCUT2D eigenvalue weighted by Gasteiger charge is -2.30. The van der Waals surface area contributed by atoms with Crippen molar-refractivity contribution >= 4 is 17.5 Å². The Morgan fingerprint density at radius 1 is 1.19 bits per heavy atom. The molecule has 0 aliphatic heterocycles. The van der Waals surface area contributed by atoms with Crippen LogP contribution in [-0.4, -0.2) is 20.3 Å². The molecule has 1 aromatic rings. The first kappa shape index (κ1) is 15.6. The lowest BCUT2D eigenvalue weighted by atomic mass is 9.79. The topological polar surface area (TPSA) is 27.1 Å². The zero-order valence-corrected chi connectivity index (χ0v) is 14.0. The van der Waals surface area contributed by atoms with Gasteiger partial charge in [-0.15, -0.1) is 0 Å². The molecule has 0 fully saturated rings. The molecule has 2 nitrogen and oxygen atoms in total. The SMILES string of the molecule is CC1=C(c2ccc(N(C)C)c(C(C)(C)C)c2C=N)CC=C1. The van der Waals surface area contributed by atoms with Gasteiger partial charge < -0.3 is 10.3 Å². The third-order valence-electron chi connectivity index (χ3n) is 4.09. The molecule has 0 unspecified atom stereocenters. The Labute approximate surface area is 128 Å². The Morgan fingerprint density at radius 3 is 2.29 bits per heavy atom. The third-order valence-corrected chi connectivity index (χ3v) is 4.09. The average Bonchev–Trinajstić information content (AvgIpc) is 2.81. The minimum absolute atomic E-state index is 0.00297. The van der Waals surface area contributed by atoms with Gasteiger partial charge in [-0.2, -0.15) is 0 Å². The largest absolute Gasteiger partial charge is 0.377 e. The van der Waals surface area contributed by atoms with Crippen LogP contribution in [0.2, 0.25) is 0 Å². The van der Waals surface area contributed by atoms with E-state index in [1.54, 1.807) is 0 Å². The van der Waals surface area contributed by atoms with E-state index in [1.807, 2.05) is 0 Å². The van der Waals surface area contributed by atoms with Crippen LogP contribution in [-0.2, 0) is 5.41 Å². The van der Waals surface area contributed by atoms with Gasteiger partial charge in [-0.3, -0.25) is 0 Å². The summed E-state index contributed by atoms with van der Waals surface area (Å²) in [5, 5.41) is 7.99. The highest BCUT2D eigenvalue weighted by Crippen LogP contribution is 2.39. The van der Waals surface area contributed by atoms with Gasteiger partial charge in [0.1, 0.15) is 0 Å². The van der Waals surface area contributed by atoms with E-state index in [9.17, 15) is 0 Å². The van der Waals surface area contributed by atoms with Gasteiger partial charge in [0.25, 0.3) is 0 Å². The number of rotatable bonds is 3. The molecule has 2 heteroatoms. The highest BCUT2D eigenvalue weighted by molar-refractivity contribution is 5.93. The van der Waals surface area contributed by atoms with E-state index in [2.05, 4.69) is 71.0 Å². The van der Waals surface area contributed by atoms with Gasteiger partial charge in [-0.1, -0.05) is 39.0 Å². The van der Waals surface area contributed by atoms with Gasteiger partial charge in [0.05, 0.1) is 0 Å². The van der Waals surface area contributed by atoms with Crippen LogP contribution in [0.5, 0.6) is 0 Å². The molecule has 1 aromatic carbocycles.